The molecule has 27 heavy (non-hydrogen) atoms. The maximum atomic E-state index is 12.5. The number of hydrogen-bond donors (Lipinski definition) is 4. The number of aliphatic carboxylic acids is 1. The van der Waals surface area contributed by atoms with Gasteiger partial charge in [-0.2, -0.15) is 4.68 Å². The molecule has 1 aromatic heterocycles. The second-order valence-corrected chi connectivity index (χ2v) is 5.86. The smallest absolute Gasteiger partial charge is 0.326 e. The van der Waals surface area contributed by atoms with E-state index in [4.69, 9.17) is 5.73 Å². The molecule has 3 amide bonds. The van der Waals surface area contributed by atoms with Crippen molar-refractivity contribution in [1.82, 2.24) is 25.6 Å². The van der Waals surface area contributed by atoms with Gasteiger partial charge in [0.2, 0.25) is 5.91 Å². The summed E-state index contributed by atoms with van der Waals surface area (Å²) in [6, 6.07) is 3.62. The van der Waals surface area contributed by atoms with Crippen LogP contribution in [-0.2, 0) is 9.59 Å². The lowest BCUT2D eigenvalue weighted by atomic mass is 10.1. The number of nitrogens with zero attached hydrogens (tertiary/aromatic N) is 3. The Morgan fingerprint density at radius 3 is 2.67 bits per heavy atom. The van der Waals surface area contributed by atoms with Crippen molar-refractivity contribution in [3.05, 3.63) is 34.6 Å². The molecule has 0 radical (unpaired) electrons. The minimum absolute atomic E-state index is 0.0758. The average molecular weight is 376 g/mol. The second kappa shape index (κ2) is 8.74. The number of carboxylic acids is 1. The van der Waals surface area contributed by atoms with E-state index in [0.29, 0.717) is 17.3 Å². The number of carboxylic acid groups (broad SMARTS) is 1. The lowest BCUT2D eigenvalue weighted by Crippen LogP contribution is -2.46. The fourth-order valence-corrected chi connectivity index (χ4v) is 2.43. The third-order valence-electron chi connectivity index (χ3n) is 3.92. The van der Waals surface area contributed by atoms with Crippen molar-refractivity contribution in [3.8, 4) is 0 Å². The zero-order valence-electron chi connectivity index (χ0n) is 14.6. The van der Waals surface area contributed by atoms with Gasteiger partial charge < -0.3 is 21.5 Å². The number of hydrogen-bond acceptors (Lipinski definition) is 6. The summed E-state index contributed by atoms with van der Waals surface area (Å²) in [7, 11) is 0. The molecule has 0 saturated carbocycles. The molecule has 2 aromatic rings. The molecule has 1 aromatic carbocycles. The van der Waals surface area contributed by atoms with E-state index < -0.39 is 35.6 Å². The molecule has 0 bridgehead atoms. The van der Waals surface area contributed by atoms with E-state index in [1.165, 1.54) is 6.92 Å². The van der Waals surface area contributed by atoms with Crippen LogP contribution in [0.5, 0.6) is 0 Å². The first-order valence-corrected chi connectivity index (χ1v) is 8.22. The van der Waals surface area contributed by atoms with Crippen LogP contribution in [0, 0.1) is 0 Å². The third kappa shape index (κ3) is 5.00. The molecule has 2 rings (SSSR count). The Balaban J connectivity index is 2.09. The average Bonchev–Trinajstić information content (AvgIpc) is 2.63. The number of benzene rings is 1. The summed E-state index contributed by atoms with van der Waals surface area (Å²) in [4.78, 5) is 46.8. The van der Waals surface area contributed by atoms with E-state index in [0.717, 1.165) is 4.68 Å². The predicted molar refractivity (Wildman–Crippen MR) is 94.9 cm³/mol. The van der Waals surface area contributed by atoms with Crippen molar-refractivity contribution in [2.75, 3.05) is 6.54 Å². The fourth-order valence-electron chi connectivity index (χ4n) is 2.43. The highest BCUT2D eigenvalue weighted by Gasteiger charge is 2.25. The Morgan fingerprint density at radius 2 is 2.00 bits per heavy atom. The number of urea groups is 1. The van der Waals surface area contributed by atoms with E-state index in [2.05, 4.69) is 20.9 Å². The molecule has 2 atom stereocenters. The molecular formula is C16H20N6O5. The highest BCUT2D eigenvalue weighted by molar-refractivity contribution is 5.86. The van der Waals surface area contributed by atoms with E-state index >= 15 is 0 Å². The third-order valence-corrected chi connectivity index (χ3v) is 3.92. The highest BCUT2D eigenvalue weighted by atomic mass is 16.4. The number of primary amides is 1. The number of aromatic nitrogens is 3. The predicted octanol–water partition coefficient (Wildman–Crippen LogP) is -0.630. The van der Waals surface area contributed by atoms with Gasteiger partial charge in [-0.1, -0.05) is 17.3 Å². The van der Waals surface area contributed by atoms with Gasteiger partial charge in [0, 0.05) is 6.54 Å². The van der Waals surface area contributed by atoms with Crippen molar-refractivity contribution >= 4 is 28.8 Å². The Labute approximate surface area is 153 Å². The van der Waals surface area contributed by atoms with E-state index in [1.807, 2.05) is 0 Å². The molecule has 11 nitrogen and oxygen atoms in total. The van der Waals surface area contributed by atoms with Crippen LogP contribution in [0.1, 0.15) is 25.8 Å². The molecule has 144 valence electrons. The zero-order valence-corrected chi connectivity index (χ0v) is 14.6. The number of nitrogens with two attached hydrogens (primary N) is 1. The van der Waals surface area contributed by atoms with Gasteiger partial charge in [0.1, 0.15) is 17.6 Å². The Kier molecular flexibility index (Phi) is 6.41. The molecule has 2 unspecified atom stereocenters. The van der Waals surface area contributed by atoms with Crippen molar-refractivity contribution in [2.24, 2.45) is 5.73 Å². The van der Waals surface area contributed by atoms with Crippen LogP contribution in [0.4, 0.5) is 4.79 Å². The second-order valence-electron chi connectivity index (χ2n) is 5.86. The summed E-state index contributed by atoms with van der Waals surface area (Å²) < 4.78 is 0.908. The van der Waals surface area contributed by atoms with Gasteiger partial charge in [0.15, 0.2) is 0 Å². The number of nitrogens with one attached hydrogen (secondary N) is 2. The normalized spacial score (nSPS) is 12.9. The summed E-state index contributed by atoms with van der Waals surface area (Å²) in [6.07, 6.45) is 0.372. The van der Waals surface area contributed by atoms with Crippen LogP contribution >= 0.6 is 0 Å². The first kappa shape index (κ1) is 19.8. The minimum Gasteiger partial charge on any atom is -0.480 e. The Hall–Kier alpha value is -3.50. The molecule has 0 fully saturated rings. The standard InChI is InChI=1S/C16H20N6O5/c1-9(22-14(24)10-5-2-3-6-11(10)20-21-22)13(23)19-12(15(25)26)7-4-8-18-16(17)27/h2-3,5-6,9,12H,4,7-8H2,1H3,(H,19,23)(H,25,26)(H3,17,18,27). The molecule has 0 aliphatic heterocycles. The van der Waals surface area contributed by atoms with Crippen LogP contribution < -0.4 is 21.9 Å². The molecule has 0 aliphatic carbocycles. The SMILES string of the molecule is CC(C(=O)NC(CCCNC(N)=O)C(=O)O)n1nnc2ccccc2c1=O. The summed E-state index contributed by atoms with van der Waals surface area (Å²) in [5, 5.41) is 21.9. The molecule has 0 spiro atoms. The number of carbonyl (C=O) groups excluding carboxylic acids is 2. The van der Waals surface area contributed by atoms with Crippen LogP contribution in [0.15, 0.2) is 29.1 Å². The monoisotopic (exact) mass is 376 g/mol. The highest BCUT2D eigenvalue weighted by Crippen LogP contribution is 2.08. The van der Waals surface area contributed by atoms with Crippen molar-refractivity contribution in [2.45, 2.75) is 31.8 Å². The maximum Gasteiger partial charge on any atom is 0.326 e. The lowest BCUT2D eigenvalue weighted by Gasteiger charge is -2.18. The first-order valence-electron chi connectivity index (χ1n) is 8.22. The molecule has 1 heterocycles. The number of fused-ring (bicyclic) bond motifs is 1. The van der Waals surface area contributed by atoms with E-state index in [-0.39, 0.29) is 13.0 Å². The van der Waals surface area contributed by atoms with Gasteiger partial charge in [-0.25, -0.2) is 9.59 Å². The maximum absolute atomic E-state index is 12.5. The van der Waals surface area contributed by atoms with Crippen molar-refractivity contribution in [1.29, 1.82) is 0 Å². The van der Waals surface area contributed by atoms with Gasteiger partial charge in [-0.05, 0) is 31.9 Å². The summed E-state index contributed by atoms with van der Waals surface area (Å²) in [5.41, 5.74) is 4.83. The van der Waals surface area contributed by atoms with Crippen LogP contribution in [-0.4, -0.2) is 50.6 Å². The molecule has 0 saturated heterocycles. The first-order chi connectivity index (χ1) is 12.8. The summed E-state index contributed by atoms with van der Waals surface area (Å²) >= 11 is 0. The number of carbonyl (C=O) groups is 3. The van der Waals surface area contributed by atoms with Crippen LogP contribution in [0.2, 0.25) is 0 Å². The van der Waals surface area contributed by atoms with Crippen molar-refractivity contribution < 1.29 is 19.5 Å². The van der Waals surface area contributed by atoms with Crippen molar-refractivity contribution in [3.63, 3.8) is 0 Å². The van der Waals surface area contributed by atoms with Crippen LogP contribution in [0.3, 0.4) is 0 Å². The molecular weight excluding hydrogens is 356 g/mol. The minimum atomic E-state index is -1.23. The Bertz CT molecular complexity index is 912. The van der Waals surface area contributed by atoms with Crippen LogP contribution in [0.25, 0.3) is 10.9 Å². The van der Waals surface area contributed by atoms with Gasteiger partial charge in [0.05, 0.1) is 5.39 Å². The molecule has 11 heteroatoms. The lowest BCUT2D eigenvalue weighted by molar-refractivity contribution is -0.142. The largest absolute Gasteiger partial charge is 0.480 e. The van der Waals surface area contributed by atoms with Gasteiger partial charge in [-0.3, -0.25) is 9.59 Å². The van der Waals surface area contributed by atoms with Gasteiger partial charge in [-0.15, -0.1) is 5.10 Å². The number of rotatable bonds is 8. The quantitative estimate of drug-likeness (QED) is 0.444. The van der Waals surface area contributed by atoms with Gasteiger partial charge >= 0.3 is 12.0 Å². The topological polar surface area (TPSA) is 169 Å². The fraction of sp³-hybridized carbons (Fsp3) is 0.375. The summed E-state index contributed by atoms with van der Waals surface area (Å²) in [6.45, 7) is 1.61. The van der Waals surface area contributed by atoms with Gasteiger partial charge in [0.25, 0.3) is 5.56 Å². The number of amides is 3. The van der Waals surface area contributed by atoms with E-state index in [9.17, 15) is 24.3 Å². The molecule has 5 N–H and O–H groups in total. The Morgan fingerprint density at radius 1 is 1.30 bits per heavy atom. The summed E-state index contributed by atoms with van der Waals surface area (Å²) in [5.74, 6) is -1.91. The zero-order chi connectivity index (χ0) is 20.0. The van der Waals surface area contributed by atoms with E-state index in [1.54, 1.807) is 24.3 Å². The molecule has 0 aliphatic rings.